The van der Waals surface area contributed by atoms with E-state index in [1.54, 1.807) is 49.3 Å². The van der Waals surface area contributed by atoms with Crippen LogP contribution in [-0.2, 0) is 11.2 Å². The number of amides is 3. The van der Waals surface area contributed by atoms with Gasteiger partial charge in [0.25, 0.3) is 5.91 Å². The van der Waals surface area contributed by atoms with E-state index in [1.807, 2.05) is 85.2 Å². The van der Waals surface area contributed by atoms with E-state index in [0.717, 1.165) is 59.8 Å². The highest BCUT2D eigenvalue weighted by Gasteiger charge is 2.31. The topological polar surface area (TPSA) is 272 Å². The van der Waals surface area contributed by atoms with Crippen LogP contribution in [0.15, 0.2) is 120 Å². The molecule has 66 heavy (non-hydrogen) atoms. The van der Waals surface area contributed by atoms with Crippen LogP contribution >= 0.6 is 0 Å². The molecule has 1 saturated heterocycles. The molecule has 22 nitrogen and oxygen atoms in total. The summed E-state index contributed by atoms with van der Waals surface area (Å²) in [4.78, 5) is 54.1. The largest absolute Gasteiger partial charge is 0.493 e. The van der Waals surface area contributed by atoms with E-state index in [9.17, 15) is 19.5 Å². The van der Waals surface area contributed by atoms with Crippen LogP contribution in [0.4, 0.5) is 33.6 Å². The first-order valence-electron chi connectivity index (χ1n) is 21.2. The number of aromatic nitrogens is 12. The molecule has 0 bridgehead atoms. The minimum atomic E-state index is -0.640. The SMILES string of the molecule is O=C1NC(=O)C(Cc2cnn3c(NC4CC4)cc(Nc4ccc(-n5cccn5)cc4)nc23)N1.O=c1[nH]c(O)c(C=c2cnn3c(=NC4CC4)cc(Nc4ccc(-n5cccn5)cc4)nc23)[nH]1. The molecule has 22 heteroatoms. The van der Waals surface area contributed by atoms with Crippen LogP contribution in [0.3, 0.4) is 0 Å². The number of imide groups is 1. The summed E-state index contributed by atoms with van der Waals surface area (Å²) in [5.41, 5.74) is 6.05. The van der Waals surface area contributed by atoms with Crippen LogP contribution in [0.5, 0.6) is 5.88 Å². The van der Waals surface area contributed by atoms with Crippen molar-refractivity contribution in [2.24, 2.45) is 4.99 Å². The summed E-state index contributed by atoms with van der Waals surface area (Å²) in [5, 5.41) is 43.0. The Kier molecular flexibility index (Phi) is 9.97. The van der Waals surface area contributed by atoms with E-state index in [-0.39, 0.29) is 17.5 Å². The summed E-state index contributed by atoms with van der Waals surface area (Å²) in [6.45, 7) is 0. The Hall–Kier alpha value is -9.08. The van der Waals surface area contributed by atoms with Crippen molar-refractivity contribution in [3.63, 3.8) is 0 Å². The van der Waals surface area contributed by atoms with Crippen LogP contribution in [-0.4, -0.2) is 93.9 Å². The number of nitrogens with one attached hydrogen (secondary N) is 7. The molecule has 8 heterocycles. The molecule has 1 unspecified atom stereocenters. The number of nitrogens with zero attached hydrogens (tertiary/aromatic N) is 11. The first-order chi connectivity index (χ1) is 32.2. The molecule has 0 radical (unpaired) electrons. The molecule has 3 amide bonds. The standard InChI is InChI=1S/C22H21N9O2.C22H19N9O2/c2*32-21-17(27-22(33)29-21)10-13-12-24-31-19(26-15-2-3-15)11-18(28-20(13)31)25-14-4-6-16(7-5-14)30-9-1-8-23-30/h1,4-9,11-12,15,17,26H,2-3,10H2,(H,25,28)(H2,27,29,32,33);1,4-12,15,25,32H,2-3H2,(H2,27,29,33). The fourth-order valence-electron chi connectivity index (χ4n) is 7.37. The molecule has 2 aliphatic carbocycles. The number of carbonyl (C=O) groups is 2. The van der Waals surface area contributed by atoms with Gasteiger partial charge in [-0.1, -0.05) is 0 Å². The number of aromatic hydroxyl groups is 1. The molecule has 8 N–H and O–H groups in total. The lowest BCUT2D eigenvalue weighted by molar-refractivity contribution is -0.120. The number of carbonyl (C=O) groups excluding carboxylic acids is 2. The molecular weight excluding hydrogens is 845 g/mol. The molecular formula is C44H40N18O4. The normalized spacial score (nSPS) is 16.3. The second-order valence-corrected chi connectivity index (χ2v) is 16.0. The molecule has 1 atom stereocenters. The van der Waals surface area contributed by atoms with Gasteiger partial charge in [0.05, 0.1) is 29.8 Å². The van der Waals surface area contributed by atoms with Crippen molar-refractivity contribution >= 4 is 58.1 Å². The second-order valence-electron chi connectivity index (χ2n) is 16.0. The lowest BCUT2D eigenvalue weighted by Gasteiger charge is -2.13. The summed E-state index contributed by atoms with van der Waals surface area (Å²) >= 11 is 0. The summed E-state index contributed by atoms with van der Waals surface area (Å²) < 4.78 is 6.99. The third kappa shape index (κ3) is 8.52. The van der Waals surface area contributed by atoms with Crippen molar-refractivity contribution in [3.8, 4) is 17.3 Å². The number of benzene rings is 2. The Morgan fingerprint density at radius 1 is 0.758 bits per heavy atom. The molecule has 12 rings (SSSR count). The Labute approximate surface area is 372 Å². The highest BCUT2D eigenvalue weighted by molar-refractivity contribution is 6.04. The van der Waals surface area contributed by atoms with Crippen LogP contribution in [0, 0.1) is 0 Å². The third-order valence-corrected chi connectivity index (χ3v) is 11.0. The minimum absolute atomic E-state index is 0.242. The van der Waals surface area contributed by atoms with Crippen molar-refractivity contribution < 1.29 is 14.7 Å². The molecule has 2 aromatic carbocycles. The van der Waals surface area contributed by atoms with Gasteiger partial charge in [0.1, 0.15) is 29.2 Å². The van der Waals surface area contributed by atoms with Gasteiger partial charge in [-0.15, -0.1) is 0 Å². The van der Waals surface area contributed by atoms with Crippen molar-refractivity contribution in [2.45, 2.75) is 50.2 Å². The van der Waals surface area contributed by atoms with Crippen LogP contribution < -0.4 is 43.0 Å². The number of imidazole rings is 1. The fraction of sp³-hybridized carbons (Fsp3) is 0.182. The predicted molar refractivity (Wildman–Crippen MR) is 241 cm³/mol. The number of aromatic amines is 2. The average molecular weight is 885 g/mol. The molecule has 3 fully saturated rings. The van der Waals surface area contributed by atoms with Crippen molar-refractivity contribution in [3.05, 3.63) is 142 Å². The lowest BCUT2D eigenvalue weighted by atomic mass is 10.1. The first-order valence-corrected chi connectivity index (χ1v) is 21.2. The monoisotopic (exact) mass is 884 g/mol. The van der Waals surface area contributed by atoms with Gasteiger partial charge >= 0.3 is 11.7 Å². The number of hydrogen-bond donors (Lipinski definition) is 8. The summed E-state index contributed by atoms with van der Waals surface area (Å²) in [7, 11) is 0. The van der Waals surface area contributed by atoms with Crippen LogP contribution in [0.1, 0.15) is 36.9 Å². The van der Waals surface area contributed by atoms with E-state index in [2.05, 4.69) is 56.9 Å². The zero-order valence-electron chi connectivity index (χ0n) is 34.8. The number of rotatable bonds is 12. The smallest absolute Gasteiger partial charge is 0.326 e. The number of H-pyrrole nitrogens is 2. The summed E-state index contributed by atoms with van der Waals surface area (Å²) in [6, 6.07) is 22.8. The minimum Gasteiger partial charge on any atom is -0.493 e. The number of hydrogen-bond acceptors (Lipinski definition) is 14. The van der Waals surface area contributed by atoms with Gasteiger partial charge in [-0.2, -0.15) is 29.4 Å². The van der Waals surface area contributed by atoms with Crippen molar-refractivity contribution in [1.82, 2.24) is 69.4 Å². The molecule has 3 aliphatic rings. The van der Waals surface area contributed by atoms with Crippen LogP contribution in [0.25, 0.3) is 28.7 Å². The molecule has 2 saturated carbocycles. The van der Waals surface area contributed by atoms with E-state index in [1.165, 1.54) is 0 Å². The van der Waals surface area contributed by atoms with E-state index < -0.39 is 17.8 Å². The highest BCUT2D eigenvalue weighted by Crippen LogP contribution is 2.29. The van der Waals surface area contributed by atoms with E-state index in [4.69, 9.17) is 15.0 Å². The van der Waals surface area contributed by atoms with Gasteiger partial charge in [-0.25, -0.2) is 28.9 Å². The number of anilines is 5. The summed E-state index contributed by atoms with van der Waals surface area (Å²) in [5.74, 6) is 1.50. The maximum atomic E-state index is 12.0. The predicted octanol–water partition coefficient (Wildman–Crippen LogP) is 2.97. The maximum absolute atomic E-state index is 12.0. The highest BCUT2D eigenvalue weighted by atomic mass is 16.3. The van der Waals surface area contributed by atoms with Gasteiger partial charge in [0.2, 0.25) is 5.88 Å². The molecule has 0 spiro atoms. The molecule has 1 aliphatic heterocycles. The number of urea groups is 1. The Bertz CT molecular complexity index is 3420. The van der Waals surface area contributed by atoms with Crippen LogP contribution in [0.2, 0.25) is 0 Å². The maximum Gasteiger partial charge on any atom is 0.326 e. The molecule has 7 aromatic heterocycles. The quantitative estimate of drug-likeness (QED) is 0.0822. The second kappa shape index (κ2) is 16.6. The van der Waals surface area contributed by atoms with Gasteiger partial charge in [-0.3, -0.25) is 20.1 Å². The average Bonchev–Trinajstić information content (AvgIpc) is 3.79. The first kappa shape index (κ1) is 39.7. The fourth-order valence-corrected chi connectivity index (χ4v) is 7.37. The lowest BCUT2D eigenvalue weighted by Crippen LogP contribution is -2.31. The molecule has 330 valence electrons. The Morgan fingerprint density at radius 3 is 1.98 bits per heavy atom. The number of fused-ring (bicyclic) bond motifs is 2. The third-order valence-electron chi connectivity index (χ3n) is 11.0. The van der Waals surface area contributed by atoms with Crippen molar-refractivity contribution in [2.75, 3.05) is 16.0 Å². The van der Waals surface area contributed by atoms with Gasteiger partial charge in [0.15, 0.2) is 16.8 Å². The summed E-state index contributed by atoms with van der Waals surface area (Å²) in [6.07, 6.45) is 16.8. The van der Waals surface area contributed by atoms with E-state index in [0.29, 0.717) is 52.1 Å². The van der Waals surface area contributed by atoms with Gasteiger partial charge < -0.3 is 31.4 Å². The Balaban J connectivity index is 0.000000146. The van der Waals surface area contributed by atoms with Gasteiger partial charge in [-0.05, 0) is 92.4 Å². The molecule has 9 aromatic rings. The van der Waals surface area contributed by atoms with E-state index >= 15 is 0 Å². The zero-order valence-corrected chi connectivity index (χ0v) is 34.8. The van der Waals surface area contributed by atoms with Crippen molar-refractivity contribution in [1.29, 1.82) is 0 Å². The zero-order chi connectivity index (χ0) is 44.7. The Morgan fingerprint density at radius 2 is 1.41 bits per heavy atom. The van der Waals surface area contributed by atoms with Gasteiger partial charge in [0, 0.05) is 71.5 Å².